The van der Waals surface area contributed by atoms with Crippen LogP contribution in [0.25, 0.3) is 0 Å². The minimum absolute atomic E-state index is 0.176. The van der Waals surface area contributed by atoms with Gasteiger partial charge in [-0.25, -0.2) is 5.43 Å². The first-order valence-corrected chi connectivity index (χ1v) is 5.59. The summed E-state index contributed by atoms with van der Waals surface area (Å²) in [4.78, 5) is 10.9. The second-order valence-electron chi connectivity index (χ2n) is 4.08. The minimum atomic E-state index is -6.61. The third kappa shape index (κ3) is 3.77. The predicted octanol–water partition coefficient (Wildman–Crippen LogP) is 2.84. The van der Waals surface area contributed by atoms with E-state index in [2.05, 4.69) is 5.10 Å². The van der Waals surface area contributed by atoms with E-state index in [0.717, 1.165) is 11.6 Å². The minimum Gasteiger partial charge on any atom is -0.266 e. The van der Waals surface area contributed by atoms with Crippen molar-refractivity contribution in [1.29, 1.82) is 5.26 Å². The Balaban J connectivity index is 2.82. The number of nitrogens with zero attached hydrogens (tertiary/aromatic N) is 2. The van der Waals surface area contributed by atoms with Gasteiger partial charge in [-0.05, 0) is 17.7 Å². The lowest BCUT2D eigenvalue weighted by Crippen LogP contribution is -2.58. The van der Waals surface area contributed by atoms with E-state index in [0.29, 0.717) is 0 Å². The van der Waals surface area contributed by atoms with Crippen molar-refractivity contribution in [2.45, 2.75) is 18.0 Å². The molecule has 0 saturated heterocycles. The molecule has 0 aromatic heterocycles. The van der Waals surface area contributed by atoms with Gasteiger partial charge >= 0.3 is 23.9 Å². The molecule has 0 atom stereocenters. The molecule has 1 amide bonds. The van der Waals surface area contributed by atoms with Crippen molar-refractivity contribution in [2.75, 3.05) is 0 Å². The summed E-state index contributed by atoms with van der Waals surface area (Å²) in [7, 11) is 0. The maximum absolute atomic E-state index is 12.9. The number of hydrazone groups is 1. The van der Waals surface area contributed by atoms with Gasteiger partial charge in [-0.3, -0.25) is 4.79 Å². The molecular weight excluding hydrogens is 335 g/mol. The summed E-state index contributed by atoms with van der Waals surface area (Å²) in [5, 5.41) is 11.4. The number of nitriles is 1. The third-order valence-electron chi connectivity index (χ3n) is 2.46. The van der Waals surface area contributed by atoms with Gasteiger partial charge in [0, 0.05) is 0 Å². The average Bonchev–Trinajstić information content (AvgIpc) is 2.46. The van der Waals surface area contributed by atoms with Crippen LogP contribution in [0, 0.1) is 11.3 Å². The number of halogens is 7. The van der Waals surface area contributed by atoms with Crippen LogP contribution in [0.15, 0.2) is 29.4 Å². The highest BCUT2D eigenvalue weighted by molar-refractivity contribution is 5.86. The van der Waals surface area contributed by atoms with Gasteiger partial charge in [-0.2, -0.15) is 41.1 Å². The highest BCUT2D eigenvalue weighted by Gasteiger charge is 2.76. The van der Waals surface area contributed by atoms with E-state index >= 15 is 0 Å². The molecule has 0 heterocycles. The van der Waals surface area contributed by atoms with E-state index in [4.69, 9.17) is 5.26 Å². The van der Waals surface area contributed by atoms with Crippen molar-refractivity contribution in [3.8, 4) is 6.07 Å². The fraction of sp³-hybridized carbons (Fsp3) is 0.250. The largest absolute Gasteiger partial charge is 0.460 e. The molecule has 0 unspecified atom stereocenters. The van der Waals surface area contributed by atoms with Crippen molar-refractivity contribution in [2.24, 2.45) is 5.10 Å². The van der Waals surface area contributed by atoms with E-state index in [1.807, 2.05) is 0 Å². The molecule has 0 aliphatic rings. The molecule has 0 saturated carbocycles. The van der Waals surface area contributed by atoms with Crippen molar-refractivity contribution >= 4 is 12.1 Å². The summed E-state index contributed by atoms with van der Waals surface area (Å²) in [5.41, 5.74) is 1.34. The Morgan fingerprint density at radius 1 is 1.09 bits per heavy atom. The summed E-state index contributed by atoms with van der Waals surface area (Å²) in [6.45, 7) is 0. The van der Waals surface area contributed by atoms with Gasteiger partial charge in [-0.15, -0.1) is 0 Å². The van der Waals surface area contributed by atoms with Crippen molar-refractivity contribution in [3.63, 3.8) is 0 Å². The predicted molar refractivity (Wildman–Crippen MR) is 62.8 cm³/mol. The smallest absolute Gasteiger partial charge is 0.266 e. The number of hydrogen-bond donors (Lipinski definition) is 1. The Morgan fingerprint density at radius 3 is 2.04 bits per heavy atom. The van der Waals surface area contributed by atoms with Crippen LogP contribution in [-0.4, -0.2) is 30.1 Å². The molecule has 0 radical (unpaired) electrons. The fourth-order valence-corrected chi connectivity index (χ4v) is 1.20. The first-order valence-electron chi connectivity index (χ1n) is 5.59. The average molecular weight is 341 g/mol. The zero-order valence-electron chi connectivity index (χ0n) is 10.8. The number of alkyl halides is 7. The van der Waals surface area contributed by atoms with Crippen molar-refractivity contribution < 1.29 is 35.5 Å². The van der Waals surface area contributed by atoms with Crippen LogP contribution >= 0.6 is 0 Å². The van der Waals surface area contributed by atoms with Crippen LogP contribution in [0.3, 0.4) is 0 Å². The molecule has 0 fully saturated rings. The fourth-order valence-electron chi connectivity index (χ4n) is 1.20. The molecule has 1 N–H and O–H groups in total. The molecule has 1 aromatic rings. The van der Waals surface area contributed by atoms with Crippen LogP contribution in [0.4, 0.5) is 30.7 Å². The normalized spacial score (nSPS) is 13.0. The Labute approximate surface area is 124 Å². The number of carbonyl (C=O) groups excluding carboxylic acids is 1. The van der Waals surface area contributed by atoms with Gasteiger partial charge in [0.2, 0.25) is 0 Å². The molecule has 124 valence electrons. The van der Waals surface area contributed by atoms with Crippen LogP contribution < -0.4 is 5.43 Å². The number of benzene rings is 1. The van der Waals surface area contributed by atoms with Gasteiger partial charge in [0.1, 0.15) is 0 Å². The number of hydrogen-bond acceptors (Lipinski definition) is 3. The number of rotatable bonds is 4. The van der Waals surface area contributed by atoms with Gasteiger partial charge in [-0.1, -0.05) is 12.1 Å². The Hall–Kier alpha value is -2.64. The summed E-state index contributed by atoms with van der Waals surface area (Å²) in [6, 6.07) is 6.93. The molecule has 0 spiro atoms. The monoisotopic (exact) mass is 341 g/mol. The number of amides is 1. The second kappa shape index (κ2) is 6.23. The number of nitrogens with one attached hydrogen (secondary N) is 1. The quantitative estimate of drug-likeness (QED) is 0.520. The lowest BCUT2D eigenvalue weighted by Gasteiger charge is -2.26. The lowest BCUT2D eigenvalue weighted by molar-refractivity contribution is -0.344. The summed E-state index contributed by atoms with van der Waals surface area (Å²) in [6.07, 6.45) is -5.88. The Bertz CT molecular complexity index is 644. The first kappa shape index (κ1) is 18.4. The zero-order chi connectivity index (χ0) is 17.9. The molecule has 1 aromatic carbocycles. The number of carbonyl (C=O) groups is 1. The van der Waals surface area contributed by atoms with Crippen molar-refractivity contribution in [3.05, 3.63) is 35.4 Å². The van der Waals surface area contributed by atoms with Crippen LogP contribution in [0.5, 0.6) is 0 Å². The Kier molecular flexibility index (Phi) is 4.99. The van der Waals surface area contributed by atoms with E-state index in [1.54, 1.807) is 6.07 Å². The Morgan fingerprint density at radius 2 is 1.61 bits per heavy atom. The molecular formula is C12H6F7N3O. The van der Waals surface area contributed by atoms with Crippen LogP contribution in [0.1, 0.15) is 11.1 Å². The molecule has 4 nitrogen and oxygen atoms in total. The van der Waals surface area contributed by atoms with Gasteiger partial charge in [0.25, 0.3) is 0 Å². The van der Waals surface area contributed by atoms with E-state index < -0.39 is 23.9 Å². The maximum atomic E-state index is 12.9. The molecule has 0 aliphatic heterocycles. The third-order valence-corrected chi connectivity index (χ3v) is 2.46. The highest BCUT2D eigenvalue weighted by Crippen LogP contribution is 2.46. The molecule has 11 heteroatoms. The standard InChI is InChI=1S/C12H6F7N3O/c13-10(14,11(15,16)12(17,18)19)9(23)22-21-6-8-3-1-7(5-20)2-4-8/h1-4,6H,(H,22,23)/b21-6-. The molecule has 0 bridgehead atoms. The van der Waals surface area contributed by atoms with Gasteiger partial charge in [0.05, 0.1) is 17.8 Å². The topological polar surface area (TPSA) is 65.2 Å². The van der Waals surface area contributed by atoms with Crippen molar-refractivity contribution in [1.82, 2.24) is 5.43 Å². The maximum Gasteiger partial charge on any atom is 0.460 e. The van der Waals surface area contributed by atoms with E-state index in [1.165, 1.54) is 24.3 Å². The van der Waals surface area contributed by atoms with Crippen LogP contribution in [-0.2, 0) is 4.79 Å². The molecule has 0 aliphatic carbocycles. The first-order chi connectivity index (χ1) is 10.4. The second-order valence-corrected chi connectivity index (χ2v) is 4.08. The zero-order valence-corrected chi connectivity index (χ0v) is 10.8. The van der Waals surface area contributed by atoms with Gasteiger partial charge in [0.15, 0.2) is 0 Å². The lowest BCUT2D eigenvalue weighted by atomic mass is 10.1. The van der Waals surface area contributed by atoms with Gasteiger partial charge < -0.3 is 0 Å². The summed E-state index contributed by atoms with van der Waals surface area (Å²) in [5.74, 6) is -15.5. The molecule has 1 rings (SSSR count). The van der Waals surface area contributed by atoms with E-state index in [-0.39, 0.29) is 11.1 Å². The summed E-state index contributed by atoms with van der Waals surface area (Å²) < 4.78 is 86.6. The molecule has 23 heavy (non-hydrogen) atoms. The highest BCUT2D eigenvalue weighted by atomic mass is 19.4. The summed E-state index contributed by atoms with van der Waals surface area (Å²) >= 11 is 0. The van der Waals surface area contributed by atoms with E-state index in [9.17, 15) is 35.5 Å². The van der Waals surface area contributed by atoms with Crippen LogP contribution in [0.2, 0.25) is 0 Å². The SMILES string of the molecule is N#Cc1ccc(/C=N\NC(=O)C(F)(F)C(F)(F)C(F)(F)F)cc1.